The summed E-state index contributed by atoms with van der Waals surface area (Å²) in [5, 5.41) is 20.3. The molecule has 0 fully saturated rings. The maximum Gasteiger partial charge on any atom is 0.0718 e. The van der Waals surface area contributed by atoms with Crippen LogP contribution in [-0.4, -0.2) is 0 Å². The van der Waals surface area contributed by atoms with Gasteiger partial charge < -0.3 is 0 Å². The van der Waals surface area contributed by atoms with Gasteiger partial charge in [-0.25, -0.2) is 0 Å². The Morgan fingerprint density at radius 3 is 2.53 bits per heavy atom. The predicted octanol–water partition coefficient (Wildman–Crippen LogP) is 4.53. The lowest BCUT2D eigenvalue weighted by molar-refractivity contribution is 0.654. The highest BCUT2D eigenvalue weighted by atomic mass is 14.3. The number of nitriles is 2. The molecular formula is C17H16N2. The lowest BCUT2D eigenvalue weighted by atomic mass is 9.90. The number of benzene rings is 2. The Labute approximate surface area is 113 Å². The lowest BCUT2D eigenvalue weighted by Gasteiger charge is -2.12. The van der Waals surface area contributed by atoms with Crippen LogP contribution in [0.2, 0.25) is 0 Å². The summed E-state index contributed by atoms with van der Waals surface area (Å²) in [6.45, 7) is 0. The van der Waals surface area contributed by atoms with Crippen molar-refractivity contribution >= 4 is 10.8 Å². The highest BCUT2D eigenvalue weighted by Gasteiger charge is 2.12. The quantitative estimate of drug-likeness (QED) is 0.730. The van der Waals surface area contributed by atoms with E-state index in [1.165, 1.54) is 5.39 Å². The molecule has 19 heavy (non-hydrogen) atoms. The number of fused-ring (bicyclic) bond motifs is 1. The van der Waals surface area contributed by atoms with Gasteiger partial charge in [0.1, 0.15) is 0 Å². The van der Waals surface area contributed by atoms with Gasteiger partial charge >= 0.3 is 0 Å². The minimum absolute atomic E-state index is 0.0789. The van der Waals surface area contributed by atoms with Crippen LogP contribution in [0.4, 0.5) is 0 Å². The zero-order valence-electron chi connectivity index (χ0n) is 10.8. The maximum absolute atomic E-state index is 9.38. The standard InChI is InChI=1S/C17H16N2/c18-12-5-1-2-8-15(13-19)17-11-6-9-14-7-3-4-10-16(14)17/h3-4,6-7,9-11,15H,1-2,5,8H2. The van der Waals surface area contributed by atoms with Crippen LogP contribution < -0.4 is 0 Å². The third kappa shape index (κ3) is 3.12. The van der Waals surface area contributed by atoms with Crippen LogP contribution in [0, 0.1) is 22.7 Å². The lowest BCUT2D eigenvalue weighted by Crippen LogP contribution is -1.97. The number of hydrogen-bond acceptors (Lipinski definition) is 2. The molecule has 0 amide bonds. The molecule has 2 heteroatoms. The summed E-state index contributed by atoms with van der Waals surface area (Å²) in [6, 6.07) is 18.8. The summed E-state index contributed by atoms with van der Waals surface area (Å²) in [4.78, 5) is 0. The van der Waals surface area contributed by atoms with Crippen molar-refractivity contribution in [1.82, 2.24) is 0 Å². The number of unbranched alkanes of at least 4 members (excludes halogenated alkanes) is 2. The molecule has 0 N–H and O–H groups in total. The smallest absolute Gasteiger partial charge is 0.0718 e. The molecule has 2 aromatic rings. The van der Waals surface area contributed by atoms with Crippen LogP contribution in [-0.2, 0) is 0 Å². The molecule has 94 valence electrons. The minimum atomic E-state index is -0.0789. The zero-order chi connectivity index (χ0) is 13.5. The van der Waals surface area contributed by atoms with Gasteiger partial charge in [-0.1, -0.05) is 48.9 Å². The van der Waals surface area contributed by atoms with Gasteiger partial charge in [-0.2, -0.15) is 10.5 Å². The first-order chi connectivity index (χ1) is 9.36. The molecule has 0 aliphatic carbocycles. The molecule has 0 aromatic heterocycles. The number of nitrogens with zero attached hydrogens (tertiary/aromatic N) is 2. The van der Waals surface area contributed by atoms with E-state index in [-0.39, 0.29) is 5.92 Å². The average Bonchev–Trinajstić information content (AvgIpc) is 2.47. The summed E-state index contributed by atoms with van der Waals surface area (Å²) < 4.78 is 0. The second kappa shape index (κ2) is 6.57. The molecule has 1 atom stereocenters. The number of hydrogen-bond donors (Lipinski definition) is 0. The van der Waals surface area contributed by atoms with Crippen molar-refractivity contribution in [2.24, 2.45) is 0 Å². The van der Waals surface area contributed by atoms with Crippen molar-refractivity contribution < 1.29 is 0 Å². The zero-order valence-corrected chi connectivity index (χ0v) is 10.8. The molecule has 2 aromatic carbocycles. The van der Waals surface area contributed by atoms with Gasteiger partial charge in [-0.3, -0.25) is 0 Å². The Morgan fingerprint density at radius 1 is 0.947 bits per heavy atom. The largest absolute Gasteiger partial charge is 0.198 e. The van der Waals surface area contributed by atoms with Gasteiger partial charge in [0, 0.05) is 6.42 Å². The van der Waals surface area contributed by atoms with Crippen LogP contribution in [0.3, 0.4) is 0 Å². The van der Waals surface area contributed by atoms with Crippen molar-refractivity contribution in [2.75, 3.05) is 0 Å². The Kier molecular flexibility index (Phi) is 4.54. The van der Waals surface area contributed by atoms with Gasteiger partial charge in [0.2, 0.25) is 0 Å². The van der Waals surface area contributed by atoms with Crippen LogP contribution in [0.25, 0.3) is 10.8 Å². The van der Waals surface area contributed by atoms with Crippen molar-refractivity contribution in [2.45, 2.75) is 31.6 Å². The number of rotatable bonds is 5. The van der Waals surface area contributed by atoms with Crippen molar-refractivity contribution in [3.8, 4) is 12.1 Å². The van der Waals surface area contributed by atoms with E-state index in [0.29, 0.717) is 6.42 Å². The van der Waals surface area contributed by atoms with E-state index in [9.17, 15) is 5.26 Å². The fourth-order valence-electron chi connectivity index (χ4n) is 2.40. The first-order valence-electron chi connectivity index (χ1n) is 6.61. The minimum Gasteiger partial charge on any atom is -0.198 e. The maximum atomic E-state index is 9.38. The van der Waals surface area contributed by atoms with Crippen LogP contribution >= 0.6 is 0 Å². The van der Waals surface area contributed by atoms with E-state index in [1.807, 2.05) is 24.3 Å². The van der Waals surface area contributed by atoms with E-state index >= 15 is 0 Å². The summed E-state index contributed by atoms with van der Waals surface area (Å²) in [6.07, 6.45) is 3.20. The summed E-state index contributed by atoms with van der Waals surface area (Å²) in [5.74, 6) is -0.0789. The molecule has 2 nitrogen and oxygen atoms in total. The third-order valence-electron chi connectivity index (χ3n) is 3.39. The average molecular weight is 248 g/mol. The second-order valence-electron chi connectivity index (χ2n) is 4.65. The van der Waals surface area contributed by atoms with E-state index in [0.717, 1.165) is 30.2 Å². The first kappa shape index (κ1) is 13.1. The van der Waals surface area contributed by atoms with Gasteiger partial charge in [0.25, 0.3) is 0 Å². The van der Waals surface area contributed by atoms with Gasteiger partial charge in [0.15, 0.2) is 0 Å². The summed E-state index contributed by atoms with van der Waals surface area (Å²) in [5.41, 5.74) is 1.11. The Balaban J connectivity index is 2.22. The fourth-order valence-corrected chi connectivity index (χ4v) is 2.40. The Bertz CT molecular complexity index is 626. The van der Waals surface area contributed by atoms with Crippen molar-refractivity contribution in [3.63, 3.8) is 0 Å². The fraction of sp³-hybridized carbons (Fsp3) is 0.294. The first-order valence-corrected chi connectivity index (χ1v) is 6.61. The highest BCUT2D eigenvalue weighted by Crippen LogP contribution is 2.28. The van der Waals surface area contributed by atoms with Crippen LogP contribution in [0.15, 0.2) is 42.5 Å². The van der Waals surface area contributed by atoms with Gasteiger partial charge in [-0.15, -0.1) is 0 Å². The molecule has 1 unspecified atom stereocenters. The molecular weight excluding hydrogens is 232 g/mol. The monoisotopic (exact) mass is 248 g/mol. The van der Waals surface area contributed by atoms with E-state index in [2.05, 4.69) is 30.3 Å². The third-order valence-corrected chi connectivity index (χ3v) is 3.39. The van der Waals surface area contributed by atoms with Gasteiger partial charge in [0.05, 0.1) is 18.1 Å². The summed E-state index contributed by atoms with van der Waals surface area (Å²) >= 11 is 0. The van der Waals surface area contributed by atoms with E-state index < -0.39 is 0 Å². The van der Waals surface area contributed by atoms with Crippen LogP contribution in [0.1, 0.15) is 37.2 Å². The molecule has 0 saturated carbocycles. The van der Waals surface area contributed by atoms with Crippen molar-refractivity contribution in [3.05, 3.63) is 48.0 Å². The molecule has 0 aliphatic heterocycles. The normalized spacial score (nSPS) is 11.7. The van der Waals surface area contributed by atoms with E-state index in [4.69, 9.17) is 5.26 Å². The highest BCUT2D eigenvalue weighted by molar-refractivity contribution is 5.86. The predicted molar refractivity (Wildman–Crippen MR) is 76.4 cm³/mol. The molecule has 0 saturated heterocycles. The van der Waals surface area contributed by atoms with Crippen LogP contribution in [0.5, 0.6) is 0 Å². The topological polar surface area (TPSA) is 47.6 Å². The Morgan fingerprint density at radius 2 is 1.74 bits per heavy atom. The van der Waals surface area contributed by atoms with E-state index in [1.54, 1.807) is 0 Å². The molecule has 0 spiro atoms. The van der Waals surface area contributed by atoms with Crippen molar-refractivity contribution in [1.29, 1.82) is 10.5 Å². The molecule has 0 radical (unpaired) electrons. The Hall–Kier alpha value is -2.32. The molecule has 0 heterocycles. The second-order valence-corrected chi connectivity index (χ2v) is 4.65. The molecule has 0 aliphatic rings. The molecule has 2 rings (SSSR count). The molecule has 0 bridgehead atoms. The SMILES string of the molecule is N#CCCCCC(C#N)c1cccc2ccccc12. The summed E-state index contributed by atoms with van der Waals surface area (Å²) in [7, 11) is 0. The van der Waals surface area contributed by atoms with Gasteiger partial charge in [-0.05, 0) is 29.2 Å².